The molecule has 3 nitrogen and oxygen atoms in total. The summed E-state index contributed by atoms with van der Waals surface area (Å²) in [4.78, 5) is 8.75. The van der Waals surface area contributed by atoms with E-state index in [1.807, 2.05) is 11.3 Å². The maximum Gasteiger partial charge on any atom is 0.129 e. The number of nitrogens with one attached hydrogen (secondary N) is 1. The molecule has 1 aliphatic rings. The highest BCUT2D eigenvalue weighted by Crippen LogP contribution is 2.26. The monoisotopic (exact) mass is 301 g/mol. The minimum absolute atomic E-state index is 0.119. The molecule has 1 aliphatic heterocycles. The standard InChI is InChI=1S/C17H23N3S/c1-17(2,3)18-11-14-5-4-6-16(19-14)20-9-7-15-13(12-20)8-10-21-15/h4-6,8,10,18H,7,9,11-12H2,1-3H3. The number of aromatic nitrogens is 1. The molecule has 0 bridgehead atoms. The molecule has 4 heteroatoms. The fourth-order valence-corrected chi connectivity index (χ4v) is 3.43. The topological polar surface area (TPSA) is 28.2 Å². The number of rotatable bonds is 3. The Morgan fingerprint density at radius 3 is 2.95 bits per heavy atom. The van der Waals surface area contributed by atoms with Gasteiger partial charge in [-0.15, -0.1) is 11.3 Å². The van der Waals surface area contributed by atoms with Gasteiger partial charge in [0.15, 0.2) is 0 Å². The Balaban J connectivity index is 1.72. The van der Waals surface area contributed by atoms with Gasteiger partial charge in [0.25, 0.3) is 0 Å². The highest BCUT2D eigenvalue weighted by Gasteiger charge is 2.18. The summed E-state index contributed by atoms with van der Waals surface area (Å²) in [7, 11) is 0. The summed E-state index contributed by atoms with van der Waals surface area (Å²) in [5.74, 6) is 1.10. The van der Waals surface area contributed by atoms with Gasteiger partial charge in [-0.2, -0.15) is 0 Å². The summed E-state index contributed by atoms with van der Waals surface area (Å²) < 4.78 is 0. The van der Waals surface area contributed by atoms with Gasteiger partial charge in [-0.05, 0) is 56.3 Å². The average Bonchev–Trinajstić information content (AvgIpc) is 2.92. The Bertz CT molecular complexity index is 612. The van der Waals surface area contributed by atoms with E-state index in [2.05, 4.69) is 60.6 Å². The number of hydrogen-bond acceptors (Lipinski definition) is 4. The van der Waals surface area contributed by atoms with Crippen LogP contribution in [-0.4, -0.2) is 17.1 Å². The van der Waals surface area contributed by atoms with Crippen LogP contribution >= 0.6 is 11.3 Å². The molecule has 0 aliphatic carbocycles. The van der Waals surface area contributed by atoms with E-state index >= 15 is 0 Å². The maximum atomic E-state index is 4.82. The first-order valence-electron chi connectivity index (χ1n) is 7.52. The van der Waals surface area contributed by atoms with Gasteiger partial charge in [-0.25, -0.2) is 4.98 Å². The Morgan fingerprint density at radius 2 is 2.14 bits per heavy atom. The van der Waals surface area contributed by atoms with E-state index in [4.69, 9.17) is 4.98 Å². The van der Waals surface area contributed by atoms with Crippen LogP contribution in [0.1, 0.15) is 36.9 Å². The lowest BCUT2D eigenvalue weighted by atomic mass is 10.1. The summed E-state index contributed by atoms with van der Waals surface area (Å²) in [6, 6.07) is 8.59. The van der Waals surface area contributed by atoms with Gasteiger partial charge in [0.05, 0.1) is 5.69 Å². The van der Waals surface area contributed by atoms with E-state index in [0.29, 0.717) is 0 Å². The fourth-order valence-electron chi connectivity index (χ4n) is 2.54. The molecule has 0 unspecified atom stereocenters. The lowest BCUT2D eigenvalue weighted by Gasteiger charge is -2.28. The molecule has 3 heterocycles. The Morgan fingerprint density at radius 1 is 1.29 bits per heavy atom. The predicted molar refractivity (Wildman–Crippen MR) is 89.9 cm³/mol. The minimum Gasteiger partial charge on any atom is -0.352 e. The molecule has 0 spiro atoms. The molecule has 0 amide bonds. The quantitative estimate of drug-likeness (QED) is 0.939. The number of fused-ring (bicyclic) bond motifs is 1. The third-order valence-corrected chi connectivity index (χ3v) is 4.75. The van der Waals surface area contributed by atoms with Gasteiger partial charge >= 0.3 is 0 Å². The van der Waals surface area contributed by atoms with E-state index in [1.165, 1.54) is 10.4 Å². The van der Waals surface area contributed by atoms with Crippen molar-refractivity contribution in [3.05, 3.63) is 45.8 Å². The van der Waals surface area contributed by atoms with Crippen LogP contribution in [0.5, 0.6) is 0 Å². The third kappa shape index (κ3) is 3.63. The maximum absolute atomic E-state index is 4.82. The smallest absolute Gasteiger partial charge is 0.129 e. The van der Waals surface area contributed by atoms with Gasteiger partial charge in [0, 0.05) is 30.1 Å². The van der Waals surface area contributed by atoms with Gasteiger partial charge in [-0.3, -0.25) is 0 Å². The third-order valence-electron chi connectivity index (χ3n) is 3.72. The normalized spacial score (nSPS) is 15.1. The molecule has 0 atom stereocenters. The predicted octanol–water partition coefficient (Wildman–Crippen LogP) is 3.59. The summed E-state index contributed by atoms with van der Waals surface area (Å²) in [5, 5.41) is 5.70. The molecule has 0 saturated heterocycles. The number of nitrogens with zero attached hydrogens (tertiary/aromatic N) is 2. The summed E-state index contributed by atoms with van der Waals surface area (Å²) >= 11 is 1.88. The van der Waals surface area contributed by atoms with E-state index in [0.717, 1.165) is 37.6 Å². The van der Waals surface area contributed by atoms with Crippen LogP contribution in [0.3, 0.4) is 0 Å². The molecule has 0 aromatic carbocycles. The van der Waals surface area contributed by atoms with Crippen LogP contribution in [0.2, 0.25) is 0 Å². The van der Waals surface area contributed by atoms with Crippen molar-refractivity contribution in [1.82, 2.24) is 10.3 Å². The Labute approximate surface area is 131 Å². The zero-order valence-corrected chi connectivity index (χ0v) is 13.8. The Hall–Kier alpha value is -1.39. The van der Waals surface area contributed by atoms with E-state index in [-0.39, 0.29) is 5.54 Å². The average molecular weight is 301 g/mol. The van der Waals surface area contributed by atoms with Gasteiger partial charge in [0.2, 0.25) is 0 Å². The molecule has 2 aromatic rings. The SMILES string of the molecule is CC(C)(C)NCc1cccc(N2CCc3sccc3C2)n1. The van der Waals surface area contributed by atoms with Crippen LogP contribution in [0, 0.1) is 0 Å². The van der Waals surface area contributed by atoms with Crippen molar-refractivity contribution < 1.29 is 0 Å². The largest absolute Gasteiger partial charge is 0.352 e. The fraction of sp³-hybridized carbons (Fsp3) is 0.471. The van der Waals surface area contributed by atoms with Crippen molar-refractivity contribution >= 4 is 17.2 Å². The molecule has 0 radical (unpaired) electrons. The van der Waals surface area contributed by atoms with E-state index < -0.39 is 0 Å². The second kappa shape index (κ2) is 5.78. The lowest BCUT2D eigenvalue weighted by molar-refractivity contribution is 0.421. The minimum atomic E-state index is 0.119. The molecule has 2 aromatic heterocycles. The van der Waals surface area contributed by atoms with Crippen LogP contribution in [-0.2, 0) is 19.5 Å². The molecule has 0 fully saturated rings. The zero-order chi connectivity index (χ0) is 14.9. The zero-order valence-electron chi connectivity index (χ0n) is 13.0. The van der Waals surface area contributed by atoms with E-state index in [1.54, 1.807) is 0 Å². The van der Waals surface area contributed by atoms with Gasteiger partial charge < -0.3 is 10.2 Å². The number of anilines is 1. The molecule has 21 heavy (non-hydrogen) atoms. The summed E-state index contributed by atoms with van der Waals surface area (Å²) in [6.07, 6.45) is 1.14. The van der Waals surface area contributed by atoms with Gasteiger partial charge in [0.1, 0.15) is 5.82 Å². The Kier molecular flexibility index (Phi) is 4.00. The van der Waals surface area contributed by atoms with Crippen molar-refractivity contribution in [2.75, 3.05) is 11.4 Å². The number of thiophene rings is 1. The molecule has 0 saturated carbocycles. The summed E-state index contributed by atoms with van der Waals surface area (Å²) in [6.45, 7) is 9.41. The molecular formula is C17H23N3S. The van der Waals surface area contributed by atoms with Crippen LogP contribution in [0.4, 0.5) is 5.82 Å². The number of pyridine rings is 1. The van der Waals surface area contributed by atoms with Crippen LogP contribution in [0.25, 0.3) is 0 Å². The van der Waals surface area contributed by atoms with E-state index in [9.17, 15) is 0 Å². The first kappa shape index (κ1) is 14.5. The second-order valence-corrected chi connectivity index (χ2v) is 7.63. The number of hydrogen-bond donors (Lipinski definition) is 1. The highest BCUT2D eigenvalue weighted by molar-refractivity contribution is 7.10. The second-order valence-electron chi connectivity index (χ2n) is 6.63. The van der Waals surface area contributed by atoms with Crippen molar-refractivity contribution in [3.8, 4) is 0 Å². The molecular weight excluding hydrogens is 278 g/mol. The van der Waals surface area contributed by atoms with Gasteiger partial charge in [-0.1, -0.05) is 6.07 Å². The van der Waals surface area contributed by atoms with Crippen molar-refractivity contribution in [3.63, 3.8) is 0 Å². The first-order chi connectivity index (χ1) is 10.0. The van der Waals surface area contributed by atoms with Crippen molar-refractivity contribution in [1.29, 1.82) is 0 Å². The van der Waals surface area contributed by atoms with Crippen molar-refractivity contribution in [2.24, 2.45) is 0 Å². The highest BCUT2D eigenvalue weighted by atomic mass is 32.1. The molecule has 112 valence electrons. The van der Waals surface area contributed by atoms with Crippen LogP contribution < -0.4 is 10.2 Å². The first-order valence-corrected chi connectivity index (χ1v) is 8.40. The molecule has 3 rings (SSSR count). The lowest BCUT2D eigenvalue weighted by Crippen LogP contribution is -2.35. The van der Waals surface area contributed by atoms with Crippen LogP contribution in [0.15, 0.2) is 29.6 Å². The molecule has 1 N–H and O–H groups in total. The van der Waals surface area contributed by atoms with Crippen molar-refractivity contribution in [2.45, 2.75) is 45.8 Å². The summed E-state index contributed by atoms with van der Waals surface area (Å²) in [5.41, 5.74) is 2.69.